The molecule has 0 saturated carbocycles. The van der Waals surface area contributed by atoms with Crippen molar-refractivity contribution in [1.29, 1.82) is 0 Å². The molecule has 0 saturated heterocycles. The number of nitrogens with zero attached hydrogens (tertiary/aromatic N) is 3. The number of hydrogen-bond acceptors (Lipinski definition) is 3. The summed E-state index contributed by atoms with van der Waals surface area (Å²) in [5.41, 5.74) is 1.88. The van der Waals surface area contributed by atoms with Gasteiger partial charge in [-0.3, -0.25) is 4.79 Å². The number of ether oxygens (including phenoxy) is 1. The number of imidazole rings is 1. The highest BCUT2D eigenvalue weighted by Gasteiger charge is 2.25. The van der Waals surface area contributed by atoms with Crippen LogP contribution in [-0.4, -0.2) is 34.0 Å². The Balaban J connectivity index is 1.84. The molecule has 1 aliphatic heterocycles. The van der Waals surface area contributed by atoms with Crippen LogP contribution in [0.4, 0.5) is 4.39 Å². The molecule has 0 spiro atoms. The third-order valence-corrected chi connectivity index (χ3v) is 3.66. The van der Waals surface area contributed by atoms with Gasteiger partial charge in [-0.05, 0) is 12.1 Å². The van der Waals surface area contributed by atoms with Crippen molar-refractivity contribution in [2.75, 3.05) is 13.7 Å². The molecule has 0 aliphatic carbocycles. The molecule has 0 bridgehead atoms. The molecule has 5 nitrogen and oxygen atoms in total. The topological polar surface area (TPSA) is 47.4 Å². The molecule has 0 radical (unpaired) electrons. The van der Waals surface area contributed by atoms with Crippen molar-refractivity contribution in [2.24, 2.45) is 0 Å². The van der Waals surface area contributed by atoms with E-state index in [1.807, 2.05) is 4.57 Å². The summed E-state index contributed by atoms with van der Waals surface area (Å²) in [7, 11) is 1.61. The van der Waals surface area contributed by atoms with Crippen molar-refractivity contribution in [3.8, 4) is 0 Å². The summed E-state index contributed by atoms with van der Waals surface area (Å²) in [6.07, 6.45) is 1.76. The van der Waals surface area contributed by atoms with Gasteiger partial charge in [-0.2, -0.15) is 0 Å². The van der Waals surface area contributed by atoms with Crippen LogP contribution in [0.25, 0.3) is 0 Å². The van der Waals surface area contributed by atoms with Crippen molar-refractivity contribution in [2.45, 2.75) is 19.7 Å². The number of carbonyl (C=O) groups is 1. The third-order valence-electron chi connectivity index (χ3n) is 3.66. The first-order chi connectivity index (χ1) is 10.2. The fourth-order valence-corrected chi connectivity index (χ4v) is 2.55. The average Bonchev–Trinajstić information content (AvgIpc) is 2.90. The van der Waals surface area contributed by atoms with Gasteiger partial charge in [-0.25, -0.2) is 9.37 Å². The maximum Gasteiger partial charge on any atom is 0.257 e. The molecule has 21 heavy (non-hydrogen) atoms. The van der Waals surface area contributed by atoms with E-state index >= 15 is 0 Å². The van der Waals surface area contributed by atoms with E-state index in [-0.39, 0.29) is 11.5 Å². The average molecular weight is 289 g/mol. The van der Waals surface area contributed by atoms with Crippen molar-refractivity contribution in [1.82, 2.24) is 14.5 Å². The number of fused-ring (bicyclic) bond motifs is 1. The highest BCUT2D eigenvalue weighted by molar-refractivity contribution is 5.94. The molecule has 1 aromatic heterocycles. The molecular formula is C15H16FN3O2. The van der Waals surface area contributed by atoms with Crippen LogP contribution in [-0.2, 0) is 24.4 Å². The van der Waals surface area contributed by atoms with Gasteiger partial charge >= 0.3 is 0 Å². The zero-order valence-corrected chi connectivity index (χ0v) is 11.8. The van der Waals surface area contributed by atoms with Gasteiger partial charge in [0.15, 0.2) is 0 Å². The Bertz CT molecular complexity index is 669. The molecule has 0 atom stereocenters. The molecule has 1 aliphatic rings. The van der Waals surface area contributed by atoms with E-state index in [4.69, 9.17) is 4.74 Å². The normalized spacial score (nSPS) is 14.1. The molecule has 6 heteroatoms. The molecule has 0 unspecified atom stereocenters. The van der Waals surface area contributed by atoms with Gasteiger partial charge in [0.25, 0.3) is 5.91 Å². The van der Waals surface area contributed by atoms with Crippen molar-refractivity contribution in [3.05, 3.63) is 53.4 Å². The molecular weight excluding hydrogens is 273 g/mol. The summed E-state index contributed by atoms with van der Waals surface area (Å²) in [5, 5.41) is 0. The lowest BCUT2D eigenvalue weighted by atomic mass is 10.1. The summed E-state index contributed by atoms with van der Waals surface area (Å²) in [5.74, 6) is -0.775. The fraction of sp³-hybridized carbons (Fsp3) is 0.333. The van der Waals surface area contributed by atoms with Gasteiger partial charge in [0.05, 0.1) is 36.4 Å². The Kier molecular flexibility index (Phi) is 3.70. The molecule has 0 N–H and O–H groups in total. The van der Waals surface area contributed by atoms with Crippen LogP contribution in [0.15, 0.2) is 30.6 Å². The highest BCUT2D eigenvalue weighted by atomic mass is 19.1. The van der Waals surface area contributed by atoms with Crippen molar-refractivity contribution in [3.63, 3.8) is 0 Å². The van der Waals surface area contributed by atoms with Crippen LogP contribution in [0.3, 0.4) is 0 Å². The van der Waals surface area contributed by atoms with Crippen LogP contribution in [0.2, 0.25) is 0 Å². The summed E-state index contributed by atoms with van der Waals surface area (Å²) in [6, 6.07) is 6.06. The number of rotatable bonds is 3. The lowest BCUT2D eigenvalue weighted by molar-refractivity contribution is 0.0703. The van der Waals surface area contributed by atoms with E-state index < -0.39 is 5.82 Å². The predicted molar refractivity (Wildman–Crippen MR) is 74.1 cm³/mol. The predicted octanol–water partition coefficient (Wildman–Crippen LogP) is 1.82. The SMILES string of the molecule is COCc1ncn2c1CN(C(=O)c1ccccc1F)CC2. The Morgan fingerprint density at radius 3 is 2.95 bits per heavy atom. The number of halogens is 1. The number of carbonyl (C=O) groups excluding carboxylic acids is 1. The molecule has 2 aromatic rings. The quantitative estimate of drug-likeness (QED) is 0.866. The maximum absolute atomic E-state index is 13.7. The van der Waals surface area contributed by atoms with E-state index in [1.54, 1.807) is 30.5 Å². The first-order valence-electron chi connectivity index (χ1n) is 6.76. The minimum Gasteiger partial charge on any atom is -0.378 e. The second-order valence-corrected chi connectivity index (χ2v) is 4.97. The van der Waals surface area contributed by atoms with Crippen LogP contribution < -0.4 is 0 Å². The van der Waals surface area contributed by atoms with Gasteiger partial charge in [0, 0.05) is 20.2 Å². The Morgan fingerprint density at radius 1 is 1.38 bits per heavy atom. The van der Waals surface area contributed by atoms with Crippen LogP contribution in [0.1, 0.15) is 21.7 Å². The zero-order valence-electron chi connectivity index (χ0n) is 11.8. The summed E-state index contributed by atoms with van der Waals surface area (Å²) < 4.78 is 20.9. The lowest BCUT2D eigenvalue weighted by Gasteiger charge is -2.29. The van der Waals surface area contributed by atoms with Crippen molar-refractivity contribution < 1.29 is 13.9 Å². The zero-order chi connectivity index (χ0) is 14.8. The first-order valence-corrected chi connectivity index (χ1v) is 6.76. The third kappa shape index (κ3) is 2.54. The Labute approximate surface area is 122 Å². The summed E-state index contributed by atoms with van der Waals surface area (Å²) in [6.45, 7) is 2.03. The lowest BCUT2D eigenvalue weighted by Crippen LogP contribution is -2.38. The van der Waals surface area contributed by atoms with E-state index in [9.17, 15) is 9.18 Å². The number of amides is 1. The van der Waals surface area contributed by atoms with Crippen LogP contribution in [0, 0.1) is 5.82 Å². The largest absolute Gasteiger partial charge is 0.378 e. The molecule has 1 aromatic carbocycles. The van der Waals surface area contributed by atoms with Crippen LogP contribution >= 0.6 is 0 Å². The van der Waals surface area contributed by atoms with E-state index in [1.165, 1.54) is 12.1 Å². The van der Waals surface area contributed by atoms with E-state index in [0.29, 0.717) is 26.2 Å². The van der Waals surface area contributed by atoms with Gasteiger partial charge in [-0.15, -0.1) is 0 Å². The maximum atomic E-state index is 13.7. The Hall–Kier alpha value is -2.21. The van der Waals surface area contributed by atoms with Gasteiger partial charge in [0.1, 0.15) is 5.82 Å². The summed E-state index contributed by atoms with van der Waals surface area (Å²) >= 11 is 0. The molecule has 2 heterocycles. The van der Waals surface area contributed by atoms with Gasteiger partial charge < -0.3 is 14.2 Å². The van der Waals surface area contributed by atoms with Crippen molar-refractivity contribution >= 4 is 5.91 Å². The minimum absolute atomic E-state index is 0.110. The van der Waals surface area contributed by atoms with E-state index in [2.05, 4.69) is 4.98 Å². The minimum atomic E-state index is -0.487. The Morgan fingerprint density at radius 2 is 2.19 bits per heavy atom. The smallest absolute Gasteiger partial charge is 0.257 e. The molecule has 3 rings (SSSR count). The van der Waals surface area contributed by atoms with Crippen LogP contribution in [0.5, 0.6) is 0 Å². The van der Waals surface area contributed by atoms with E-state index in [0.717, 1.165) is 11.4 Å². The highest BCUT2D eigenvalue weighted by Crippen LogP contribution is 2.19. The first kappa shape index (κ1) is 13.8. The summed E-state index contributed by atoms with van der Waals surface area (Å²) in [4.78, 5) is 18.4. The number of benzene rings is 1. The van der Waals surface area contributed by atoms with Gasteiger partial charge in [-0.1, -0.05) is 12.1 Å². The number of methoxy groups -OCH3 is 1. The molecule has 1 amide bonds. The van der Waals surface area contributed by atoms with Gasteiger partial charge in [0.2, 0.25) is 0 Å². The molecule has 110 valence electrons. The second-order valence-electron chi connectivity index (χ2n) is 4.97. The molecule has 0 fully saturated rings. The second kappa shape index (κ2) is 5.65. The fourth-order valence-electron chi connectivity index (χ4n) is 2.55. The number of aromatic nitrogens is 2. The standard InChI is InChI=1S/C15H16FN3O2/c1-21-9-13-14-8-18(6-7-19(14)10-17-13)15(20)11-4-2-3-5-12(11)16/h2-5,10H,6-9H2,1H3. The number of hydrogen-bond donors (Lipinski definition) is 0. The monoisotopic (exact) mass is 289 g/mol.